The van der Waals surface area contributed by atoms with Crippen LogP contribution in [0.3, 0.4) is 0 Å². The van der Waals surface area contributed by atoms with E-state index in [0.29, 0.717) is 18.8 Å². The standard InChI is InChI=1S/C14H17N3O4/c18-13(19)9-3-4-15-10(5-9)6-16-14(20)17-7-11-1-2-12(8-17)21-11/h3-5,11-12H,1-2,6-8H2,(H,16,20)(H,18,19). The second-order valence-electron chi connectivity index (χ2n) is 5.36. The maximum atomic E-state index is 12.1. The summed E-state index contributed by atoms with van der Waals surface area (Å²) in [5, 5.41) is 11.7. The zero-order valence-electron chi connectivity index (χ0n) is 11.5. The SMILES string of the molecule is O=C(O)c1ccnc(CNC(=O)N2CC3CCC(C2)O3)c1. The molecule has 3 heterocycles. The van der Waals surface area contributed by atoms with E-state index >= 15 is 0 Å². The van der Waals surface area contributed by atoms with Gasteiger partial charge >= 0.3 is 12.0 Å². The molecular weight excluding hydrogens is 274 g/mol. The van der Waals surface area contributed by atoms with E-state index in [4.69, 9.17) is 9.84 Å². The molecule has 2 saturated heterocycles. The average molecular weight is 291 g/mol. The van der Waals surface area contributed by atoms with Crippen molar-refractivity contribution >= 4 is 12.0 Å². The Morgan fingerprint density at radius 3 is 2.76 bits per heavy atom. The predicted molar refractivity (Wildman–Crippen MR) is 72.9 cm³/mol. The lowest BCUT2D eigenvalue weighted by Gasteiger charge is -2.32. The number of pyridine rings is 1. The highest BCUT2D eigenvalue weighted by atomic mass is 16.5. The van der Waals surface area contributed by atoms with Crippen LogP contribution in [0.4, 0.5) is 4.79 Å². The van der Waals surface area contributed by atoms with Crippen molar-refractivity contribution in [2.24, 2.45) is 0 Å². The van der Waals surface area contributed by atoms with Crippen LogP contribution in [0.5, 0.6) is 0 Å². The minimum absolute atomic E-state index is 0.155. The zero-order chi connectivity index (χ0) is 14.8. The van der Waals surface area contributed by atoms with Crippen LogP contribution in [0.15, 0.2) is 18.3 Å². The number of morpholine rings is 1. The van der Waals surface area contributed by atoms with Gasteiger partial charge in [0.1, 0.15) is 0 Å². The Labute approximate surface area is 121 Å². The monoisotopic (exact) mass is 291 g/mol. The number of hydrogen-bond donors (Lipinski definition) is 2. The molecule has 2 amide bonds. The topological polar surface area (TPSA) is 91.8 Å². The Morgan fingerprint density at radius 1 is 1.38 bits per heavy atom. The van der Waals surface area contributed by atoms with Crippen LogP contribution in [-0.2, 0) is 11.3 Å². The van der Waals surface area contributed by atoms with Crippen molar-refractivity contribution in [1.29, 1.82) is 0 Å². The van der Waals surface area contributed by atoms with Gasteiger partial charge in [-0.1, -0.05) is 0 Å². The lowest BCUT2D eigenvalue weighted by Crippen LogP contribution is -2.49. The number of carbonyl (C=O) groups excluding carboxylic acids is 1. The van der Waals surface area contributed by atoms with E-state index < -0.39 is 5.97 Å². The molecule has 0 radical (unpaired) electrons. The van der Waals surface area contributed by atoms with Gasteiger partial charge in [-0.05, 0) is 25.0 Å². The highest BCUT2D eigenvalue weighted by Crippen LogP contribution is 2.26. The highest BCUT2D eigenvalue weighted by Gasteiger charge is 2.35. The fourth-order valence-corrected chi connectivity index (χ4v) is 2.77. The van der Waals surface area contributed by atoms with Gasteiger partial charge in [0, 0.05) is 19.3 Å². The van der Waals surface area contributed by atoms with Crippen LogP contribution < -0.4 is 5.32 Å². The molecule has 1 aromatic rings. The number of ether oxygens (including phenoxy) is 1. The van der Waals surface area contributed by atoms with E-state index in [9.17, 15) is 9.59 Å². The number of hydrogen-bond acceptors (Lipinski definition) is 4. The van der Waals surface area contributed by atoms with Gasteiger partial charge in [-0.15, -0.1) is 0 Å². The molecule has 2 unspecified atom stereocenters. The Balaban J connectivity index is 1.56. The molecule has 0 spiro atoms. The molecule has 1 aromatic heterocycles. The fraction of sp³-hybridized carbons (Fsp3) is 0.500. The first kappa shape index (κ1) is 13.8. The summed E-state index contributed by atoms with van der Waals surface area (Å²) >= 11 is 0. The molecule has 112 valence electrons. The van der Waals surface area contributed by atoms with Crippen LogP contribution in [0, 0.1) is 0 Å². The quantitative estimate of drug-likeness (QED) is 0.861. The second kappa shape index (κ2) is 5.69. The van der Waals surface area contributed by atoms with Gasteiger partial charge in [0.05, 0.1) is 30.0 Å². The first-order valence-corrected chi connectivity index (χ1v) is 6.98. The van der Waals surface area contributed by atoms with Crippen molar-refractivity contribution in [3.8, 4) is 0 Å². The third-order valence-electron chi connectivity index (χ3n) is 3.82. The summed E-state index contributed by atoms with van der Waals surface area (Å²) < 4.78 is 5.68. The Kier molecular flexibility index (Phi) is 3.74. The number of carboxylic acid groups (broad SMARTS) is 1. The summed E-state index contributed by atoms with van der Waals surface area (Å²) in [7, 11) is 0. The van der Waals surface area contributed by atoms with Gasteiger partial charge < -0.3 is 20.1 Å². The number of aromatic carboxylic acids is 1. The van der Waals surface area contributed by atoms with Crippen molar-refractivity contribution < 1.29 is 19.4 Å². The smallest absolute Gasteiger partial charge is 0.335 e. The van der Waals surface area contributed by atoms with E-state index in [1.165, 1.54) is 18.3 Å². The molecular formula is C14H17N3O4. The van der Waals surface area contributed by atoms with Crippen LogP contribution in [0.2, 0.25) is 0 Å². The van der Waals surface area contributed by atoms with Crippen molar-refractivity contribution in [2.75, 3.05) is 13.1 Å². The van der Waals surface area contributed by atoms with Gasteiger partial charge in [-0.25, -0.2) is 9.59 Å². The molecule has 7 nitrogen and oxygen atoms in total. The fourth-order valence-electron chi connectivity index (χ4n) is 2.77. The summed E-state index contributed by atoms with van der Waals surface area (Å²) in [6.07, 6.45) is 3.76. The maximum absolute atomic E-state index is 12.1. The van der Waals surface area contributed by atoms with E-state index in [1.807, 2.05) is 0 Å². The molecule has 0 aliphatic carbocycles. The van der Waals surface area contributed by atoms with E-state index in [2.05, 4.69) is 10.3 Å². The number of carbonyl (C=O) groups is 2. The molecule has 2 bridgehead atoms. The Morgan fingerprint density at radius 2 is 2.10 bits per heavy atom. The normalized spacial score (nSPS) is 23.9. The number of nitrogens with one attached hydrogen (secondary N) is 1. The molecule has 2 atom stereocenters. The summed E-state index contributed by atoms with van der Waals surface area (Å²) in [5.41, 5.74) is 0.693. The molecule has 2 aliphatic heterocycles. The second-order valence-corrected chi connectivity index (χ2v) is 5.36. The number of likely N-dealkylation sites (tertiary alicyclic amines) is 1. The first-order valence-electron chi connectivity index (χ1n) is 6.98. The van der Waals surface area contributed by atoms with E-state index in [-0.39, 0.29) is 30.3 Å². The number of carboxylic acids is 1. The van der Waals surface area contributed by atoms with Crippen LogP contribution in [0.1, 0.15) is 28.9 Å². The lowest BCUT2D eigenvalue weighted by molar-refractivity contribution is -0.0238. The van der Waals surface area contributed by atoms with Gasteiger partial charge in [0.2, 0.25) is 0 Å². The van der Waals surface area contributed by atoms with E-state index in [1.54, 1.807) is 4.90 Å². The summed E-state index contributed by atoms with van der Waals surface area (Å²) in [6.45, 7) is 1.45. The highest BCUT2D eigenvalue weighted by molar-refractivity contribution is 5.87. The zero-order valence-corrected chi connectivity index (χ0v) is 11.5. The largest absolute Gasteiger partial charge is 0.478 e. The summed E-state index contributed by atoms with van der Waals surface area (Å²) in [4.78, 5) is 28.8. The third-order valence-corrected chi connectivity index (χ3v) is 3.82. The van der Waals surface area contributed by atoms with Gasteiger partial charge in [-0.3, -0.25) is 4.98 Å². The number of rotatable bonds is 3. The number of fused-ring (bicyclic) bond motifs is 2. The van der Waals surface area contributed by atoms with Crippen molar-refractivity contribution in [3.05, 3.63) is 29.6 Å². The average Bonchev–Trinajstić information content (AvgIpc) is 2.83. The summed E-state index contributed by atoms with van der Waals surface area (Å²) in [5.74, 6) is -1.00. The summed E-state index contributed by atoms with van der Waals surface area (Å²) in [6, 6.07) is 2.73. The predicted octanol–water partition coefficient (Wildman–Crippen LogP) is 0.853. The van der Waals surface area contributed by atoms with Gasteiger partial charge in [0.25, 0.3) is 0 Å². The molecule has 0 saturated carbocycles. The minimum atomic E-state index is -1.00. The molecule has 21 heavy (non-hydrogen) atoms. The number of urea groups is 1. The Hall–Kier alpha value is -2.15. The molecule has 2 fully saturated rings. The minimum Gasteiger partial charge on any atom is -0.478 e. The van der Waals surface area contributed by atoms with Crippen LogP contribution >= 0.6 is 0 Å². The first-order chi connectivity index (χ1) is 10.1. The number of aromatic nitrogens is 1. The number of nitrogens with zero attached hydrogens (tertiary/aromatic N) is 2. The van der Waals surface area contributed by atoms with Crippen molar-refractivity contribution in [2.45, 2.75) is 31.6 Å². The van der Waals surface area contributed by atoms with Crippen LogP contribution in [-0.4, -0.2) is 52.3 Å². The van der Waals surface area contributed by atoms with Gasteiger partial charge in [-0.2, -0.15) is 0 Å². The lowest BCUT2D eigenvalue weighted by atomic mass is 10.2. The van der Waals surface area contributed by atoms with Crippen molar-refractivity contribution in [1.82, 2.24) is 15.2 Å². The molecule has 2 aliphatic rings. The molecule has 0 aromatic carbocycles. The van der Waals surface area contributed by atoms with Gasteiger partial charge in [0.15, 0.2) is 0 Å². The molecule has 7 heteroatoms. The van der Waals surface area contributed by atoms with E-state index in [0.717, 1.165) is 12.8 Å². The number of amides is 2. The molecule has 2 N–H and O–H groups in total. The Bertz CT molecular complexity index is 551. The maximum Gasteiger partial charge on any atom is 0.335 e. The molecule has 3 rings (SSSR count). The van der Waals surface area contributed by atoms with Crippen LogP contribution in [0.25, 0.3) is 0 Å². The van der Waals surface area contributed by atoms with Crippen molar-refractivity contribution in [3.63, 3.8) is 0 Å². The third kappa shape index (κ3) is 3.13.